The molecule has 0 aliphatic carbocycles. The van der Waals surface area contributed by atoms with Crippen molar-refractivity contribution in [2.75, 3.05) is 5.73 Å². The third-order valence-electron chi connectivity index (χ3n) is 3.11. The highest BCUT2D eigenvalue weighted by molar-refractivity contribution is 5.92. The number of esters is 1. The number of aryl methyl sites for hydroxylation is 1. The van der Waals surface area contributed by atoms with E-state index < -0.39 is 5.97 Å². The Bertz CT molecular complexity index is 619. The summed E-state index contributed by atoms with van der Waals surface area (Å²) in [5, 5.41) is 7.83. The molecule has 1 heterocycles. The smallest absolute Gasteiger partial charge is 0.338 e. The Morgan fingerprint density at radius 1 is 1.37 bits per heavy atom. The first-order valence-electron chi connectivity index (χ1n) is 5.87. The molecule has 0 fully saturated rings. The summed E-state index contributed by atoms with van der Waals surface area (Å²) in [6.07, 6.45) is 0. The fraction of sp³-hybridized carbons (Fsp3) is 0.308. The van der Waals surface area contributed by atoms with Crippen LogP contribution < -0.4 is 5.73 Å². The molecule has 0 saturated heterocycles. The first kappa shape index (κ1) is 13.1. The van der Waals surface area contributed by atoms with Gasteiger partial charge in [-0.25, -0.2) is 4.79 Å². The highest BCUT2D eigenvalue weighted by Crippen LogP contribution is 2.16. The summed E-state index contributed by atoms with van der Waals surface area (Å²) in [5.41, 5.74) is 7.53. The molecule has 2 aromatic rings. The van der Waals surface area contributed by atoms with Crippen molar-refractivity contribution < 1.29 is 9.53 Å². The van der Waals surface area contributed by atoms with Gasteiger partial charge in [0.25, 0.3) is 0 Å². The number of nitrogens with two attached hydrogens (primary N) is 1. The predicted octanol–water partition coefficient (Wildman–Crippen LogP) is 1.37. The second kappa shape index (κ2) is 5.09. The van der Waals surface area contributed by atoms with Crippen molar-refractivity contribution in [2.45, 2.75) is 20.5 Å². The van der Waals surface area contributed by atoms with Gasteiger partial charge in [-0.1, -0.05) is 6.07 Å². The first-order chi connectivity index (χ1) is 9.00. The lowest BCUT2D eigenvalue weighted by Crippen LogP contribution is -2.10. The zero-order valence-corrected chi connectivity index (χ0v) is 11.2. The first-order valence-corrected chi connectivity index (χ1v) is 5.87. The van der Waals surface area contributed by atoms with Crippen LogP contribution in [0.25, 0.3) is 0 Å². The van der Waals surface area contributed by atoms with Crippen LogP contribution in [0.2, 0.25) is 0 Å². The van der Waals surface area contributed by atoms with E-state index in [1.807, 2.05) is 14.0 Å². The lowest BCUT2D eigenvalue weighted by molar-refractivity contribution is 0.0458. The lowest BCUT2D eigenvalue weighted by Gasteiger charge is -2.08. The summed E-state index contributed by atoms with van der Waals surface area (Å²) in [5.74, 6) is 0.962. The van der Waals surface area contributed by atoms with E-state index >= 15 is 0 Å². The maximum atomic E-state index is 12.0. The van der Waals surface area contributed by atoms with Gasteiger partial charge in [-0.05, 0) is 31.5 Å². The molecule has 1 aromatic heterocycles. The van der Waals surface area contributed by atoms with Crippen molar-refractivity contribution in [1.82, 2.24) is 14.8 Å². The monoisotopic (exact) mass is 260 g/mol. The number of benzene rings is 1. The van der Waals surface area contributed by atoms with Crippen LogP contribution >= 0.6 is 0 Å². The van der Waals surface area contributed by atoms with E-state index in [0.29, 0.717) is 17.1 Å². The minimum Gasteiger partial charge on any atom is -0.454 e. The van der Waals surface area contributed by atoms with Gasteiger partial charge in [0.2, 0.25) is 0 Å². The number of carbonyl (C=O) groups excluding carboxylic acids is 1. The minimum atomic E-state index is -0.412. The van der Waals surface area contributed by atoms with E-state index in [-0.39, 0.29) is 6.61 Å². The van der Waals surface area contributed by atoms with Crippen molar-refractivity contribution in [3.05, 3.63) is 41.0 Å². The van der Waals surface area contributed by atoms with Gasteiger partial charge in [0.1, 0.15) is 5.82 Å². The SMILES string of the molecule is Cc1c(N)cccc1C(=O)OCc1nnc(C)n1C. The van der Waals surface area contributed by atoms with Crippen LogP contribution in [-0.4, -0.2) is 20.7 Å². The van der Waals surface area contributed by atoms with Crippen LogP contribution in [0.3, 0.4) is 0 Å². The van der Waals surface area contributed by atoms with Gasteiger partial charge in [-0.2, -0.15) is 0 Å². The van der Waals surface area contributed by atoms with Crippen molar-refractivity contribution in [3.63, 3.8) is 0 Å². The molecule has 0 aliphatic rings. The summed E-state index contributed by atoms with van der Waals surface area (Å²) in [7, 11) is 1.82. The quantitative estimate of drug-likeness (QED) is 0.665. The number of nitrogens with zero attached hydrogens (tertiary/aromatic N) is 3. The van der Waals surface area contributed by atoms with E-state index in [1.165, 1.54) is 0 Å². The molecule has 100 valence electrons. The third kappa shape index (κ3) is 2.57. The Labute approximate surface area is 111 Å². The Balaban J connectivity index is 2.10. The molecule has 6 heteroatoms. The van der Waals surface area contributed by atoms with Gasteiger partial charge in [-0.15, -0.1) is 10.2 Å². The summed E-state index contributed by atoms with van der Waals surface area (Å²) >= 11 is 0. The van der Waals surface area contributed by atoms with Crippen LogP contribution in [0.1, 0.15) is 27.6 Å². The van der Waals surface area contributed by atoms with Crippen molar-refractivity contribution in [2.24, 2.45) is 7.05 Å². The van der Waals surface area contributed by atoms with E-state index in [9.17, 15) is 4.79 Å². The molecular weight excluding hydrogens is 244 g/mol. The largest absolute Gasteiger partial charge is 0.454 e. The maximum absolute atomic E-state index is 12.0. The number of ether oxygens (including phenoxy) is 1. The Morgan fingerprint density at radius 2 is 2.11 bits per heavy atom. The van der Waals surface area contributed by atoms with Gasteiger partial charge in [0, 0.05) is 12.7 Å². The number of hydrogen-bond acceptors (Lipinski definition) is 5. The number of anilines is 1. The topological polar surface area (TPSA) is 83.0 Å². The Morgan fingerprint density at radius 3 is 2.74 bits per heavy atom. The summed E-state index contributed by atoms with van der Waals surface area (Å²) in [6.45, 7) is 3.71. The lowest BCUT2D eigenvalue weighted by atomic mass is 10.1. The van der Waals surface area contributed by atoms with Crippen LogP contribution in [0.4, 0.5) is 5.69 Å². The molecule has 0 spiro atoms. The summed E-state index contributed by atoms with van der Waals surface area (Å²) in [4.78, 5) is 12.0. The van der Waals surface area contributed by atoms with Crippen molar-refractivity contribution in [3.8, 4) is 0 Å². The zero-order valence-electron chi connectivity index (χ0n) is 11.2. The molecule has 0 bridgehead atoms. The average molecular weight is 260 g/mol. The molecule has 19 heavy (non-hydrogen) atoms. The van der Waals surface area contributed by atoms with E-state index in [4.69, 9.17) is 10.5 Å². The number of aromatic nitrogens is 3. The number of carbonyl (C=O) groups is 1. The maximum Gasteiger partial charge on any atom is 0.338 e. The van der Waals surface area contributed by atoms with Gasteiger partial charge in [0.05, 0.1) is 5.56 Å². The zero-order chi connectivity index (χ0) is 14.0. The van der Waals surface area contributed by atoms with Crippen molar-refractivity contribution in [1.29, 1.82) is 0 Å². The summed E-state index contributed by atoms with van der Waals surface area (Å²) < 4.78 is 7.00. The van der Waals surface area contributed by atoms with Crippen LogP contribution in [0.5, 0.6) is 0 Å². The molecule has 0 saturated carbocycles. The highest BCUT2D eigenvalue weighted by atomic mass is 16.5. The van der Waals surface area contributed by atoms with Gasteiger partial charge in [0.15, 0.2) is 12.4 Å². The fourth-order valence-electron chi connectivity index (χ4n) is 1.66. The average Bonchev–Trinajstić information content (AvgIpc) is 2.70. The molecule has 0 amide bonds. The second-order valence-corrected chi connectivity index (χ2v) is 4.32. The van der Waals surface area contributed by atoms with Gasteiger partial charge >= 0.3 is 5.97 Å². The molecule has 0 atom stereocenters. The fourth-order valence-corrected chi connectivity index (χ4v) is 1.66. The van der Waals surface area contributed by atoms with E-state index in [1.54, 1.807) is 29.7 Å². The molecule has 2 rings (SSSR count). The number of rotatable bonds is 3. The standard InChI is InChI=1S/C13H16N4O2/c1-8-10(5-4-6-11(8)14)13(18)19-7-12-16-15-9(2)17(12)3/h4-6H,7,14H2,1-3H3. The van der Waals surface area contributed by atoms with Crippen LogP contribution in [0, 0.1) is 13.8 Å². The predicted molar refractivity (Wildman–Crippen MR) is 70.5 cm³/mol. The molecule has 0 radical (unpaired) electrons. The molecule has 0 aliphatic heterocycles. The Kier molecular flexibility index (Phi) is 3.50. The molecule has 1 aromatic carbocycles. The minimum absolute atomic E-state index is 0.0877. The van der Waals surface area contributed by atoms with Gasteiger partial charge < -0.3 is 15.0 Å². The van der Waals surface area contributed by atoms with Gasteiger partial charge in [-0.3, -0.25) is 0 Å². The second-order valence-electron chi connectivity index (χ2n) is 4.32. The van der Waals surface area contributed by atoms with Crippen LogP contribution in [-0.2, 0) is 18.4 Å². The van der Waals surface area contributed by atoms with Crippen LogP contribution in [0.15, 0.2) is 18.2 Å². The molecular formula is C13H16N4O2. The van der Waals surface area contributed by atoms with E-state index in [2.05, 4.69) is 10.2 Å². The summed E-state index contributed by atoms with van der Waals surface area (Å²) in [6, 6.07) is 5.17. The number of hydrogen-bond donors (Lipinski definition) is 1. The van der Waals surface area contributed by atoms with E-state index in [0.717, 1.165) is 11.4 Å². The molecule has 0 unspecified atom stereocenters. The normalized spacial score (nSPS) is 10.5. The third-order valence-corrected chi connectivity index (χ3v) is 3.11. The molecule has 6 nitrogen and oxygen atoms in total. The Hall–Kier alpha value is -2.37. The van der Waals surface area contributed by atoms with Crippen molar-refractivity contribution >= 4 is 11.7 Å². The number of nitrogen functional groups attached to an aromatic ring is 1. The molecule has 2 N–H and O–H groups in total. The highest BCUT2D eigenvalue weighted by Gasteiger charge is 2.14.